The van der Waals surface area contributed by atoms with Gasteiger partial charge >= 0.3 is 0 Å². The summed E-state index contributed by atoms with van der Waals surface area (Å²) in [7, 11) is 0. The number of nitrogens with zero attached hydrogens (tertiary/aromatic N) is 4. The predicted molar refractivity (Wildman–Crippen MR) is 68.6 cm³/mol. The fraction of sp³-hybridized carbons (Fsp3) is 0.273. The fourth-order valence-electron chi connectivity index (χ4n) is 1.41. The molecule has 88 valence electrons. The first kappa shape index (κ1) is 11.7. The van der Waals surface area contributed by atoms with Gasteiger partial charge in [-0.15, -0.1) is 0 Å². The van der Waals surface area contributed by atoms with Crippen molar-refractivity contribution in [3.63, 3.8) is 0 Å². The third-order valence-corrected chi connectivity index (χ3v) is 2.46. The van der Waals surface area contributed by atoms with E-state index in [-0.39, 0.29) is 0 Å². The lowest BCUT2D eigenvalue weighted by molar-refractivity contribution is 0.740. The molecule has 17 heavy (non-hydrogen) atoms. The van der Waals surface area contributed by atoms with E-state index in [4.69, 9.17) is 12.2 Å². The van der Waals surface area contributed by atoms with Crippen LogP contribution in [-0.4, -0.2) is 26.1 Å². The molecule has 0 saturated carbocycles. The second-order valence-corrected chi connectivity index (χ2v) is 3.92. The van der Waals surface area contributed by atoms with Crippen LogP contribution in [0.2, 0.25) is 0 Å². The first-order valence-electron chi connectivity index (χ1n) is 5.42. The third-order valence-electron chi connectivity index (χ3n) is 2.20. The van der Waals surface area contributed by atoms with E-state index >= 15 is 0 Å². The van der Waals surface area contributed by atoms with Crippen LogP contribution in [0.1, 0.15) is 24.7 Å². The third kappa shape index (κ3) is 2.85. The first-order chi connectivity index (χ1) is 8.31. The van der Waals surface area contributed by atoms with E-state index in [2.05, 4.69) is 27.2 Å². The summed E-state index contributed by atoms with van der Waals surface area (Å²) in [5.41, 5.74) is 0.929. The number of aromatic nitrogens is 4. The molecule has 6 heteroatoms. The average molecular weight is 247 g/mol. The van der Waals surface area contributed by atoms with E-state index in [9.17, 15) is 0 Å². The van der Waals surface area contributed by atoms with Crippen LogP contribution < -0.4 is 0 Å². The van der Waals surface area contributed by atoms with Crippen molar-refractivity contribution in [1.29, 1.82) is 0 Å². The normalized spacial score (nSPS) is 11.1. The largest absolute Gasteiger partial charge is 0.264 e. The highest BCUT2D eigenvalue weighted by Crippen LogP contribution is 2.01. The lowest BCUT2D eigenvalue weighted by atomic mass is 10.3. The minimum atomic E-state index is 0.508. The molecule has 5 nitrogen and oxygen atoms in total. The van der Waals surface area contributed by atoms with Gasteiger partial charge in [0, 0.05) is 24.4 Å². The molecule has 0 saturated heterocycles. The minimum absolute atomic E-state index is 0.508. The van der Waals surface area contributed by atoms with Crippen molar-refractivity contribution < 1.29 is 0 Å². The molecule has 0 aromatic carbocycles. The van der Waals surface area contributed by atoms with Gasteiger partial charge < -0.3 is 0 Å². The van der Waals surface area contributed by atoms with E-state index < -0.39 is 0 Å². The molecule has 0 fully saturated rings. The van der Waals surface area contributed by atoms with Gasteiger partial charge in [0.2, 0.25) is 4.77 Å². The number of pyridine rings is 1. The quantitative estimate of drug-likeness (QED) is 0.665. The number of H-pyrrole nitrogens is 1. The van der Waals surface area contributed by atoms with Gasteiger partial charge in [-0.3, -0.25) is 10.1 Å². The van der Waals surface area contributed by atoms with Gasteiger partial charge in [-0.2, -0.15) is 14.9 Å². The maximum Gasteiger partial charge on any atom is 0.216 e. The Labute approximate surface area is 104 Å². The van der Waals surface area contributed by atoms with Crippen LogP contribution in [0.25, 0.3) is 0 Å². The zero-order chi connectivity index (χ0) is 12.1. The number of nitrogens with one attached hydrogen (secondary N) is 1. The number of hydrogen-bond acceptors (Lipinski definition) is 4. The summed E-state index contributed by atoms with van der Waals surface area (Å²) < 4.78 is 2.15. The van der Waals surface area contributed by atoms with Crippen molar-refractivity contribution in [3.8, 4) is 0 Å². The molecule has 0 bridgehead atoms. The van der Waals surface area contributed by atoms with Crippen LogP contribution in [0.3, 0.4) is 0 Å². The molecular formula is C11H13N5S. The number of rotatable bonds is 4. The summed E-state index contributed by atoms with van der Waals surface area (Å²) in [6, 6.07) is 3.79. The summed E-state index contributed by atoms with van der Waals surface area (Å²) in [6.07, 6.45) is 7.03. The maximum absolute atomic E-state index is 5.12. The van der Waals surface area contributed by atoms with Crippen LogP contribution in [-0.2, 0) is 6.42 Å². The smallest absolute Gasteiger partial charge is 0.216 e. The maximum atomic E-state index is 5.12. The van der Waals surface area contributed by atoms with Crippen LogP contribution in [0.15, 0.2) is 29.6 Å². The Balaban J connectivity index is 2.26. The highest BCUT2D eigenvalue weighted by molar-refractivity contribution is 7.71. The van der Waals surface area contributed by atoms with Crippen molar-refractivity contribution in [2.45, 2.75) is 19.8 Å². The molecule has 1 N–H and O–H groups in total. The van der Waals surface area contributed by atoms with Gasteiger partial charge in [-0.05, 0) is 24.7 Å². The van der Waals surface area contributed by atoms with Gasteiger partial charge in [0.1, 0.15) is 0 Å². The average Bonchev–Trinajstić information content (AvgIpc) is 2.70. The summed E-state index contributed by atoms with van der Waals surface area (Å²) in [5.74, 6) is 0.845. The topological polar surface area (TPSA) is 58.9 Å². The van der Waals surface area contributed by atoms with E-state index in [0.717, 1.165) is 24.2 Å². The van der Waals surface area contributed by atoms with E-state index in [1.54, 1.807) is 23.3 Å². The molecular weight excluding hydrogens is 234 g/mol. The minimum Gasteiger partial charge on any atom is -0.264 e. The van der Waals surface area contributed by atoms with Gasteiger partial charge in [0.05, 0.1) is 6.21 Å². The molecule has 0 aliphatic rings. The Kier molecular flexibility index (Phi) is 3.77. The highest BCUT2D eigenvalue weighted by atomic mass is 32.1. The van der Waals surface area contributed by atoms with Crippen molar-refractivity contribution in [3.05, 3.63) is 40.7 Å². The van der Waals surface area contributed by atoms with Crippen LogP contribution >= 0.6 is 12.2 Å². The summed E-state index contributed by atoms with van der Waals surface area (Å²) >= 11 is 5.12. The highest BCUT2D eigenvalue weighted by Gasteiger charge is 2.02. The summed E-state index contributed by atoms with van der Waals surface area (Å²) in [4.78, 5) is 4.02. The summed E-state index contributed by atoms with van der Waals surface area (Å²) in [6.45, 7) is 2.09. The first-order valence-corrected chi connectivity index (χ1v) is 5.82. The number of aryl methyl sites for hydroxylation is 1. The standard InChI is InChI=1S/C11H13N5S/c1-2-4-10-14-15-11(17)16(10)13-8-9-5-3-6-12-7-9/h3,5-8H,2,4H2,1H3,(H,15,17)/b13-8-. The second-order valence-electron chi connectivity index (χ2n) is 3.54. The Bertz CT molecular complexity index is 555. The molecule has 0 spiro atoms. The molecule has 0 amide bonds. The predicted octanol–water partition coefficient (Wildman–Crippen LogP) is 2.17. The molecule has 2 heterocycles. The van der Waals surface area contributed by atoms with Crippen LogP contribution in [0, 0.1) is 4.77 Å². The van der Waals surface area contributed by atoms with E-state index in [1.807, 2.05) is 12.1 Å². The zero-order valence-electron chi connectivity index (χ0n) is 9.50. The monoisotopic (exact) mass is 247 g/mol. The molecule has 0 unspecified atom stereocenters. The zero-order valence-corrected chi connectivity index (χ0v) is 10.3. The van der Waals surface area contributed by atoms with Gasteiger partial charge in [0.25, 0.3) is 0 Å². The van der Waals surface area contributed by atoms with Gasteiger partial charge in [-0.1, -0.05) is 13.0 Å². The van der Waals surface area contributed by atoms with Crippen molar-refractivity contribution in [2.24, 2.45) is 5.10 Å². The number of hydrogen-bond donors (Lipinski definition) is 1. The van der Waals surface area contributed by atoms with Crippen LogP contribution in [0.5, 0.6) is 0 Å². The van der Waals surface area contributed by atoms with Gasteiger partial charge in [0.15, 0.2) is 5.82 Å². The van der Waals surface area contributed by atoms with Crippen LogP contribution in [0.4, 0.5) is 0 Å². The molecule has 2 aromatic rings. The van der Waals surface area contributed by atoms with Crippen molar-refractivity contribution in [1.82, 2.24) is 19.9 Å². The lowest BCUT2D eigenvalue weighted by Crippen LogP contribution is -1.98. The lowest BCUT2D eigenvalue weighted by Gasteiger charge is -1.97. The molecule has 0 radical (unpaired) electrons. The number of aromatic amines is 1. The van der Waals surface area contributed by atoms with E-state index in [0.29, 0.717) is 4.77 Å². The molecule has 0 aliphatic carbocycles. The van der Waals surface area contributed by atoms with Gasteiger partial charge in [-0.25, -0.2) is 0 Å². The Hall–Kier alpha value is -1.82. The molecule has 0 aliphatic heterocycles. The van der Waals surface area contributed by atoms with Crippen molar-refractivity contribution >= 4 is 18.4 Å². The fourth-order valence-corrected chi connectivity index (χ4v) is 1.60. The molecule has 0 atom stereocenters. The van der Waals surface area contributed by atoms with E-state index in [1.165, 1.54) is 0 Å². The molecule has 2 rings (SSSR count). The Morgan fingerprint density at radius 3 is 3.18 bits per heavy atom. The Morgan fingerprint density at radius 1 is 1.59 bits per heavy atom. The summed E-state index contributed by atoms with van der Waals surface area (Å²) in [5, 5.41) is 11.2. The van der Waals surface area contributed by atoms with Crippen molar-refractivity contribution in [2.75, 3.05) is 0 Å². The Morgan fingerprint density at radius 2 is 2.47 bits per heavy atom. The SMILES string of the molecule is CCCc1n[nH]c(=S)n1/N=C\c1cccnc1. The molecule has 2 aromatic heterocycles. The second kappa shape index (κ2) is 5.49.